The van der Waals surface area contributed by atoms with E-state index >= 15 is 0 Å². The van der Waals surface area contributed by atoms with Gasteiger partial charge in [-0.3, -0.25) is 9.79 Å². The van der Waals surface area contributed by atoms with Crippen molar-refractivity contribution < 1.29 is 14.1 Å². The van der Waals surface area contributed by atoms with Crippen molar-refractivity contribution in [3.05, 3.63) is 84.0 Å². The molecule has 0 atom stereocenters. The van der Waals surface area contributed by atoms with Gasteiger partial charge in [0.25, 0.3) is 5.91 Å². The summed E-state index contributed by atoms with van der Waals surface area (Å²) in [5, 5.41) is 14.7. The van der Waals surface area contributed by atoms with Gasteiger partial charge in [0.05, 0.1) is 24.4 Å². The van der Waals surface area contributed by atoms with Crippen molar-refractivity contribution in [2.45, 2.75) is 0 Å². The first-order valence-electron chi connectivity index (χ1n) is 9.84. The van der Waals surface area contributed by atoms with Gasteiger partial charge in [-0.2, -0.15) is 0 Å². The highest BCUT2D eigenvalue weighted by Crippen LogP contribution is 2.19. The Morgan fingerprint density at radius 3 is 2.88 bits per heavy atom. The second-order valence-electron chi connectivity index (χ2n) is 6.75. The zero-order chi connectivity index (χ0) is 22.9. The molecule has 0 saturated carbocycles. The Morgan fingerprint density at radius 1 is 1.34 bits per heavy atom. The highest BCUT2D eigenvalue weighted by atomic mass is 16.5. The van der Waals surface area contributed by atoms with Gasteiger partial charge in [0.1, 0.15) is 6.54 Å². The maximum Gasteiger partial charge on any atom is 0.309 e. The fraction of sp³-hybridized carbons (Fsp3) is 0.174. The molecular formula is C23H25N7O2+. The smallest absolute Gasteiger partial charge is 0.309 e. The highest BCUT2D eigenvalue weighted by Gasteiger charge is 2.26. The van der Waals surface area contributed by atoms with Crippen LogP contribution in [0.1, 0.15) is 10.4 Å². The van der Waals surface area contributed by atoms with Gasteiger partial charge in [-0.15, -0.1) is 0 Å². The van der Waals surface area contributed by atoms with Gasteiger partial charge in [0, 0.05) is 47.8 Å². The van der Waals surface area contributed by atoms with Crippen molar-refractivity contribution in [3.8, 4) is 0 Å². The molecule has 9 heteroatoms. The van der Waals surface area contributed by atoms with E-state index in [2.05, 4.69) is 44.1 Å². The molecule has 1 aromatic carbocycles. The van der Waals surface area contributed by atoms with Crippen LogP contribution < -0.4 is 10.6 Å². The van der Waals surface area contributed by atoms with E-state index in [4.69, 9.17) is 4.74 Å². The van der Waals surface area contributed by atoms with Crippen molar-refractivity contribution in [1.29, 1.82) is 0 Å². The third kappa shape index (κ3) is 5.31. The van der Waals surface area contributed by atoms with Crippen LogP contribution in [-0.4, -0.2) is 56.5 Å². The lowest BCUT2D eigenvalue weighted by molar-refractivity contribution is -0.441. The van der Waals surface area contributed by atoms with Crippen LogP contribution in [0.4, 0.5) is 5.69 Å². The molecule has 9 nitrogen and oxygen atoms in total. The topological polar surface area (TPSA) is 103 Å². The molecule has 0 aliphatic carbocycles. The SMILES string of the molecule is C=C/C(CNC(=O)c1cccc(NCC2=[N+](C)/C(=C3\[CH]C=NC=C3)N=N2)c1)=C(\N=C)OC. The molecule has 2 aliphatic heterocycles. The summed E-state index contributed by atoms with van der Waals surface area (Å²) in [4.78, 5) is 20.4. The van der Waals surface area contributed by atoms with Crippen molar-refractivity contribution >= 4 is 30.4 Å². The van der Waals surface area contributed by atoms with E-state index in [9.17, 15) is 4.79 Å². The number of carbonyl (C=O) groups is 1. The number of carbonyl (C=O) groups excluding carboxylic acids is 1. The molecule has 0 aromatic heterocycles. The number of amidine groups is 1. The largest absolute Gasteiger partial charge is 0.481 e. The second kappa shape index (κ2) is 10.8. The van der Waals surface area contributed by atoms with Crippen molar-refractivity contribution in [2.24, 2.45) is 20.2 Å². The third-order valence-corrected chi connectivity index (χ3v) is 4.78. The molecule has 163 valence electrons. The average Bonchev–Trinajstić information content (AvgIpc) is 3.21. The van der Waals surface area contributed by atoms with Crippen LogP contribution in [0.25, 0.3) is 0 Å². The van der Waals surface area contributed by atoms with Crippen LogP contribution in [0.2, 0.25) is 0 Å². The number of nitrogens with zero attached hydrogens (tertiary/aromatic N) is 5. The number of allylic oxidation sites excluding steroid dienone is 2. The summed E-state index contributed by atoms with van der Waals surface area (Å²) < 4.78 is 7.04. The Labute approximate surface area is 187 Å². The number of aliphatic imine (C=N–C) groups is 2. The number of hydrogen-bond donors (Lipinski definition) is 2. The van der Waals surface area contributed by atoms with E-state index in [-0.39, 0.29) is 12.5 Å². The van der Waals surface area contributed by atoms with Crippen LogP contribution in [0.15, 0.2) is 92.3 Å². The van der Waals surface area contributed by atoms with Crippen LogP contribution in [0.3, 0.4) is 0 Å². The van der Waals surface area contributed by atoms with Gasteiger partial charge >= 0.3 is 11.7 Å². The van der Waals surface area contributed by atoms with Crippen LogP contribution in [0.5, 0.6) is 0 Å². The van der Waals surface area contributed by atoms with Crippen LogP contribution in [0, 0.1) is 6.42 Å². The molecule has 1 aromatic rings. The number of methoxy groups -OCH3 is 1. The second-order valence-corrected chi connectivity index (χ2v) is 6.75. The molecular weight excluding hydrogens is 406 g/mol. The van der Waals surface area contributed by atoms with Gasteiger partial charge in [-0.1, -0.05) is 18.7 Å². The number of ether oxygens (including phenoxy) is 1. The Kier molecular flexibility index (Phi) is 7.58. The van der Waals surface area contributed by atoms with Gasteiger partial charge in [0.2, 0.25) is 5.88 Å². The number of nitrogens with one attached hydrogen (secondary N) is 2. The van der Waals surface area contributed by atoms with Crippen LogP contribution >= 0.6 is 0 Å². The lowest BCUT2D eigenvalue weighted by Gasteiger charge is -2.10. The Morgan fingerprint density at radius 2 is 2.19 bits per heavy atom. The monoisotopic (exact) mass is 431 g/mol. The molecule has 1 amide bonds. The van der Waals surface area contributed by atoms with Crippen LogP contribution in [-0.2, 0) is 4.74 Å². The Balaban J connectivity index is 1.64. The lowest BCUT2D eigenvalue weighted by Crippen LogP contribution is -2.26. The normalized spacial score (nSPS) is 17.8. The summed E-state index contributed by atoms with van der Waals surface area (Å²) in [7, 11) is 3.40. The molecule has 0 fully saturated rings. The molecule has 3 rings (SSSR count). The predicted octanol–water partition coefficient (Wildman–Crippen LogP) is 3.09. The Hall–Kier alpha value is -4.14. The highest BCUT2D eigenvalue weighted by molar-refractivity contribution is 5.95. The minimum atomic E-state index is -0.230. The lowest BCUT2D eigenvalue weighted by atomic mass is 10.1. The minimum Gasteiger partial charge on any atom is -0.481 e. The molecule has 1 radical (unpaired) electrons. The maximum atomic E-state index is 12.6. The summed E-state index contributed by atoms with van der Waals surface area (Å²) in [5.74, 6) is 1.61. The summed E-state index contributed by atoms with van der Waals surface area (Å²) in [5.41, 5.74) is 2.88. The third-order valence-electron chi connectivity index (χ3n) is 4.78. The maximum absolute atomic E-state index is 12.6. The van der Waals surface area contributed by atoms with E-state index < -0.39 is 0 Å². The Bertz CT molecular complexity index is 1110. The zero-order valence-corrected chi connectivity index (χ0v) is 18.1. The fourth-order valence-corrected chi connectivity index (χ4v) is 3.03. The summed E-state index contributed by atoms with van der Waals surface area (Å²) >= 11 is 0. The molecule has 2 aliphatic rings. The van der Waals surface area contributed by atoms with E-state index in [1.54, 1.807) is 30.6 Å². The van der Waals surface area contributed by atoms with E-state index in [0.29, 0.717) is 23.6 Å². The van der Waals surface area contributed by atoms with Gasteiger partial charge in [0.15, 0.2) is 0 Å². The van der Waals surface area contributed by atoms with E-state index in [0.717, 1.165) is 22.9 Å². The molecule has 2 N–H and O–H groups in total. The number of rotatable bonds is 9. The standard InChI is InChI=1S/C23H24N7O2/c1-5-16(23(24-2)32-4)14-27-22(31)18-7-6-8-19(13-18)26-15-20-28-29-21(30(20)3)17-9-11-25-12-10-17/h5-13,26H,1-2,14-15H2,3-4H3/p+1/b23-16-. The molecule has 0 unspecified atom stereocenters. The van der Waals surface area contributed by atoms with E-state index in [1.807, 2.05) is 36.3 Å². The van der Waals surface area contributed by atoms with Gasteiger partial charge in [-0.05, 0) is 31.0 Å². The molecule has 0 spiro atoms. The number of amides is 1. The first-order valence-corrected chi connectivity index (χ1v) is 9.84. The predicted molar refractivity (Wildman–Crippen MR) is 126 cm³/mol. The summed E-state index contributed by atoms with van der Waals surface area (Å²) in [6, 6.07) is 7.21. The minimum absolute atomic E-state index is 0.221. The summed E-state index contributed by atoms with van der Waals surface area (Å²) in [6.45, 7) is 7.84. The first kappa shape index (κ1) is 22.5. The molecule has 0 bridgehead atoms. The fourth-order valence-electron chi connectivity index (χ4n) is 3.03. The first-order chi connectivity index (χ1) is 15.6. The molecule has 32 heavy (non-hydrogen) atoms. The number of anilines is 1. The zero-order valence-electron chi connectivity index (χ0n) is 18.1. The number of hydrogen-bond acceptors (Lipinski definition) is 7. The molecule has 0 saturated heterocycles. The quantitative estimate of drug-likeness (QED) is 0.272. The van der Waals surface area contributed by atoms with Crippen molar-refractivity contribution in [2.75, 3.05) is 32.6 Å². The number of benzene rings is 1. The number of azo groups is 1. The average molecular weight is 432 g/mol. The van der Waals surface area contributed by atoms with Gasteiger partial charge in [-0.25, -0.2) is 9.57 Å². The summed E-state index contributed by atoms with van der Waals surface area (Å²) in [6.07, 6.45) is 8.79. The molecule has 2 heterocycles. The van der Waals surface area contributed by atoms with E-state index in [1.165, 1.54) is 7.11 Å². The van der Waals surface area contributed by atoms with Crippen molar-refractivity contribution in [1.82, 2.24) is 5.32 Å². The van der Waals surface area contributed by atoms with Gasteiger partial charge < -0.3 is 15.4 Å². The van der Waals surface area contributed by atoms with Crippen molar-refractivity contribution in [3.63, 3.8) is 0 Å².